The Labute approximate surface area is 118 Å². The molecule has 0 atom stereocenters. The Kier molecular flexibility index (Phi) is 3.85. The predicted molar refractivity (Wildman–Crippen MR) is 76.7 cm³/mol. The first-order valence-electron chi connectivity index (χ1n) is 6.13. The minimum atomic E-state index is -3.91. The summed E-state index contributed by atoms with van der Waals surface area (Å²) in [5.41, 5.74) is 6.63. The lowest BCUT2D eigenvalue weighted by atomic mass is 10.1. The number of nitrogens with two attached hydrogens (primary N) is 2. The van der Waals surface area contributed by atoms with E-state index in [1.54, 1.807) is 0 Å². The van der Waals surface area contributed by atoms with E-state index in [-0.39, 0.29) is 16.1 Å². The first kappa shape index (κ1) is 14.6. The Balaban J connectivity index is 2.52. The molecule has 1 saturated heterocycles. The predicted octanol–water partition coefficient (Wildman–Crippen LogP) is -0.460. The van der Waals surface area contributed by atoms with Gasteiger partial charge in [-0.25, -0.2) is 13.6 Å². The highest BCUT2D eigenvalue weighted by Crippen LogP contribution is 2.30. The van der Waals surface area contributed by atoms with Crippen LogP contribution in [-0.2, 0) is 10.0 Å². The fourth-order valence-electron chi connectivity index (χ4n) is 2.20. The zero-order valence-corrected chi connectivity index (χ0v) is 12.0. The van der Waals surface area contributed by atoms with Gasteiger partial charge in [0.25, 0.3) is 0 Å². The van der Waals surface area contributed by atoms with Crippen molar-refractivity contribution in [2.45, 2.75) is 4.90 Å². The van der Waals surface area contributed by atoms with Crippen molar-refractivity contribution in [1.29, 1.82) is 5.26 Å². The van der Waals surface area contributed by atoms with Gasteiger partial charge in [0.05, 0.1) is 16.9 Å². The molecule has 1 aliphatic rings. The number of benzene rings is 1. The molecule has 0 amide bonds. The van der Waals surface area contributed by atoms with Gasteiger partial charge in [-0.05, 0) is 19.2 Å². The van der Waals surface area contributed by atoms with Crippen LogP contribution < -0.4 is 15.8 Å². The molecule has 0 aromatic heterocycles. The molecule has 0 spiro atoms. The molecule has 0 saturated carbocycles. The van der Waals surface area contributed by atoms with Gasteiger partial charge in [0.15, 0.2) is 0 Å². The highest BCUT2D eigenvalue weighted by atomic mass is 32.2. The van der Waals surface area contributed by atoms with Gasteiger partial charge in [0.2, 0.25) is 10.0 Å². The van der Waals surface area contributed by atoms with Crippen LogP contribution in [0, 0.1) is 11.3 Å². The van der Waals surface area contributed by atoms with E-state index in [1.807, 2.05) is 18.0 Å². The number of anilines is 2. The minimum Gasteiger partial charge on any atom is -0.398 e. The number of nitriles is 1. The van der Waals surface area contributed by atoms with Crippen molar-refractivity contribution >= 4 is 21.4 Å². The van der Waals surface area contributed by atoms with Crippen molar-refractivity contribution in [2.24, 2.45) is 5.14 Å². The SMILES string of the molecule is CN1CCN(c2cc(N)c(C#N)cc2S(N)(=O)=O)CC1. The number of primary sulfonamides is 1. The van der Waals surface area contributed by atoms with Crippen molar-refractivity contribution < 1.29 is 8.42 Å². The molecule has 4 N–H and O–H groups in total. The Morgan fingerprint density at radius 2 is 1.85 bits per heavy atom. The van der Waals surface area contributed by atoms with E-state index >= 15 is 0 Å². The number of hydrogen-bond donors (Lipinski definition) is 2. The number of nitrogen functional groups attached to an aromatic ring is 1. The summed E-state index contributed by atoms with van der Waals surface area (Å²) in [6.07, 6.45) is 0. The van der Waals surface area contributed by atoms with Crippen molar-refractivity contribution in [3.8, 4) is 6.07 Å². The average Bonchev–Trinajstić information content (AvgIpc) is 2.38. The standard InChI is InChI=1S/C12H17N5O2S/c1-16-2-4-17(5-3-16)11-7-10(14)9(8-13)6-12(11)20(15,18)19/h6-7H,2-5,14H2,1H3,(H2,15,18,19). The van der Waals surface area contributed by atoms with E-state index in [1.165, 1.54) is 12.1 Å². The molecule has 2 rings (SSSR count). The monoisotopic (exact) mass is 295 g/mol. The van der Waals surface area contributed by atoms with Crippen LogP contribution in [0.2, 0.25) is 0 Å². The van der Waals surface area contributed by atoms with Gasteiger partial charge in [-0.3, -0.25) is 0 Å². The summed E-state index contributed by atoms with van der Waals surface area (Å²) in [7, 11) is -1.90. The van der Waals surface area contributed by atoms with Gasteiger partial charge in [-0.2, -0.15) is 5.26 Å². The van der Waals surface area contributed by atoms with E-state index in [0.29, 0.717) is 18.8 Å². The van der Waals surface area contributed by atoms with Gasteiger partial charge >= 0.3 is 0 Å². The zero-order chi connectivity index (χ0) is 14.9. The molecule has 0 bridgehead atoms. The fraction of sp³-hybridized carbons (Fsp3) is 0.417. The summed E-state index contributed by atoms with van der Waals surface area (Å²) in [6.45, 7) is 3.02. The summed E-state index contributed by atoms with van der Waals surface area (Å²) in [5.74, 6) is 0. The van der Waals surface area contributed by atoms with E-state index in [9.17, 15) is 8.42 Å². The van der Waals surface area contributed by atoms with Crippen molar-refractivity contribution in [3.05, 3.63) is 17.7 Å². The smallest absolute Gasteiger partial charge is 0.240 e. The second-order valence-electron chi connectivity index (χ2n) is 4.85. The molecule has 1 aliphatic heterocycles. The molecule has 1 fully saturated rings. The molecule has 0 radical (unpaired) electrons. The zero-order valence-electron chi connectivity index (χ0n) is 11.2. The largest absolute Gasteiger partial charge is 0.398 e. The normalized spacial score (nSPS) is 16.9. The number of piperazine rings is 1. The summed E-state index contributed by atoms with van der Waals surface area (Å²) in [4.78, 5) is 4.03. The molecule has 108 valence electrons. The Morgan fingerprint density at radius 1 is 1.25 bits per heavy atom. The lowest BCUT2D eigenvalue weighted by Gasteiger charge is -2.35. The highest BCUT2D eigenvalue weighted by Gasteiger charge is 2.23. The maximum Gasteiger partial charge on any atom is 0.240 e. The van der Waals surface area contributed by atoms with Crippen molar-refractivity contribution in [1.82, 2.24) is 4.90 Å². The van der Waals surface area contributed by atoms with Crippen LogP contribution in [0.1, 0.15) is 5.56 Å². The van der Waals surface area contributed by atoms with Crippen LogP contribution in [0.3, 0.4) is 0 Å². The van der Waals surface area contributed by atoms with Gasteiger partial charge in [0.1, 0.15) is 11.0 Å². The first-order valence-corrected chi connectivity index (χ1v) is 7.67. The van der Waals surface area contributed by atoms with Gasteiger partial charge < -0.3 is 15.5 Å². The Morgan fingerprint density at radius 3 is 2.35 bits per heavy atom. The second kappa shape index (κ2) is 5.28. The molecule has 7 nitrogen and oxygen atoms in total. The Bertz CT molecular complexity index is 657. The molecule has 1 aromatic carbocycles. The molecule has 0 aliphatic carbocycles. The lowest BCUT2D eigenvalue weighted by molar-refractivity contribution is 0.312. The third-order valence-electron chi connectivity index (χ3n) is 3.40. The molecular weight excluding hydrogens is 278 g/mol. The van der Waals surface area contributed by atoms with Crippen molar-refractivity contribution in [3.63, 3.8) is 0 Å². The highest BCUT2D eigenvalue weighted by molar-refractivity contribution is 7.89. The lowest BCUT2D eigenvalue weighted by Crippen LogP contribution is -2.45. The maximum absolute atomic E-state index is 11.7. The van der Waals surface area contributed by atoms with Crippen molar-refractivity contribution in [2.75, 3.05) is 43.9 Å². The topological polar surface area (TPSA) is 116 Å². The number of likely N-dealkylation sites (N-methyl/N-ethyl adjacent to an activating group) is 1. The molecule has 20 heavy (non-hydrogen) atoms. The summed E-state index contributed by atoms with van der Waals surface area (Å²) >= 11 is 0. The fourth-order valence-corrected chi connectivity index (χ4v) is 2.97. The molecule has 1 aromatic rings. The maximum atomic E-state index is 11.7. The molecule has 0 unspecified atom stereocenters. The number of hydrogen-bond acceptors (Lipinski definition) is 6. The average molecular weight is 295 g/mol. The van der Waals surface area contributed by atoms with Gasteiger partial charge in [0, 0.05) is 26.2 Å². The van der Waals surface area contributed by atoms with Crippen LogP contribution >= 0.6 is 0 Å². The van der Waals surface area contributed by atoms with E-state index < -0.39 is 10.0 Å². The van der Waals surface area contributed by atoms with E-state index in [0.717, 1.165) is 13.1 Å². The molecular formula is C12H17N5O2S. The van der Waals surface area contributed by atoms with Crippen LogP contribution in [0.4, 0.5) is 11.4 Å². The van der Waals surface area contributed by atoms with Gasteiger partial charge in [-0.15, -0.1) is 0 Å². The third kappa shape index (κ3) is 2.85. The molecule has 8 heteroatoms. The first-order chi connectivity index (χ1) is 9.32. The number of rotatable bonds is 2. The van der Waals surface area contributed by atoms with Crippen LogP contribution in [-0.4, -0.2) is 46.5 Å². The van der Waals surface area contributed by atoms with Crippen LogP contribution in [0.5, 0.6) is 0 Å². The van der Waals surface area contributed by atoms with E-state index in [2.05, 4.69) is 4.90 Å². The summed E-state index contributed by atoms with van der Waals surface area (Å²) in [5, 5.41) is 14.2. The third-order valence-corrected chi connectivity index (χ3v) is 4.34. The molecule has 1 heterocycles. The van der Waals surface area contributed by atoms with Crippen LogP contribution in [0.25, 0.3) is 0 Å². The quantitative estimate of drug-likeness (QED) is 0.713. The number of sulfonamides is 1. The van der Waals surface area contributed by atoms with E-state index in [4.69, 9.17) is 16.1 Å². The summed E-state index contributed by atoms with van der Waals surface area (Å²) < 4.78 is 23.5. The van der Waals surface area contributed by atoms with Gasteiger partial charge in [-0.1, -0.05) is 0 Å². The number of nitrogens with zero attached hydrogens (tertiary/aromatic N) is 3. The van der Waals surface area contributed by atoms with Crippen LogP contribution in [0.15, 0.2) is 17.0 Å². The second-order valence-corrected chi connectivity index (χ2v) is 6.38. The summed E-state index contributed by atoms with van der Waals surface area (Å²) in [6, 6.07) is 4.64. The minimum absolute atomic E-state index is 0.0483. The Hall–Kier alpha value is -1.82.